The maximum absolute atomic E-state index is 11.6. The van der Waals surface area contributed by atoms with Gasteiger partial charge in [0.15, 0.2) is 6.04 Å². The van der Waals surface area contributed by atoms with Crippen LogP contribution in [0.25, 0.3) is 0 Å². The van der Waals surface area contributed by atoms with E-state index in [0.29, 0.717) is 0 Å². The molecule has 3 N–H and O–H groups in total. The Labute approximate surface area is 108 Å². The van der Waals surface area contributed by atoms with Crippen LogP contribution in [0, 0.1) is 10.1 Å². The maximum Gasteiger partial charge on any atom is 0.332 e. The van der Waals surface area contributed by atoms with Gasteiger partial charge in [-0.05, 0) is 13.0 Å². The fraction of sp³-hybridized carbons (Fsp3) is 0.273. The van der Waals surface area contributed by atoms with Crippen LogP contribution in [0.2, 0.25) is 0 Å². The first kappa shape index (κ1) is 14.6. The summed E-state index contributed by atoms with van der Waals surface area (Å²) in [6.45, 7) is 1.69. The molecular weight excluding hydrogens is 254 g/mol. The van der Waals surface area contributed by atoms with E-state index in [1.165, 1.54) is 18.2 Å². The second-order valence-corrected chi connectivity index (χ2v) is 3.53. The molecule has 0 spiro atoms. The van der Waals surface area contributed by atoms with Crippen LogP contribution in [0.5, 0.6) is 0 Å². The zero-order valence-electron chi connectivity index (χ0n) is 10.2. The van der Waals surface area contributed by atoms with E-state index in [9.17, 15) is 19.7 Å². The third-order valence-electron chi connectivity index (χ3n) is 2.15. The van der Waals surface area contributed by atoms with Crippen LogP contribution in [0.3, 0.4) is 0 Å². The van der Waals surface area contributed by atoms with Crippen molar-refractivity contribution in [2.45, 2.75) is 13.0 Å². The molecule has 1 rings (SSSR count). The molecule has 1 unspecified atom stereocenters. The van der Waals surface area contributed by atoms with Crippen molar-refractivity contribution in [3.8, 4) is 0 Å². The van der Waals surface area contributed by atoms with Gasteiger partial charge in [0.1, 0.15) is 0 Å². The molecule has 0 saturated carbocycles. The number of amides is 1. The SMILES string of the molecule is CCOC(=O)C(N)C(=O)Nc1cccc([N+](=O)[O-])c1. The number of carbonyl (C=O) groups is 2. The normalized spacial score (nSPS) is 11.5. The summed E-state index contributed by atoms with van der Waals surface area (Å²) in [6, 6.07) is 3.82. The van der Waals surface area contributed by atoms with Gasteiger partial charge in [-0.2, -0.15) is 0 Å². The zero-order chi connectivity index (χ0) is 14.4. The van der Waals surface area contributed by atoms with Gasteiger partial charge in [-0.25, -0.2) is 4.79 Å². The predicted octanol–water partition coefficient (Wildman–Crippen LogP) is 0.424. The van der Waals surface area contributed by atoms with Crippen molar-refractivity contribution in [3.05, 3.63) is 34.4 Å². The summed E-state index contributed by atoms with van der Waals surface area (Å²) >= 11 is 0. The minimum absolute atomic E-state index is 0.108. The lowest BCUT2D eigenvalue weighted by atomic mass is 10.2. The number of nitrogens with zero attached hydrogens (tertiary/aromatic N) is 1. The number of non-ortho nitro benzene ring substituents is 1. The van der Waals surface area contributed by atoms with Crippen molar-refractivity contribution in [1.29, 1.82) is 0 Å². The molecule has 19 heavy (non-hydrogen) atoms. The van der Waals surface area contributed by atoms with Crippen molar-refractivity contribution >= 4 is 23.3 Å². The lowest BCUT2D eigenvalue weighted by Gasteiger charge is -2.10. The molecule has 1 amide bonds. The van der Waals surface area contributed by atoms with Crippen LogP contribution >= 0.6 is 0 Å². The summed E-state index contributed by atoms with van der Waals surface area (Å²) in [5.41, 5.74) is 5.37. The van der Waals surface area contributed by atoms with Crippen LogP contribution in [0.1, 0.15) is 6.92 Å². The number of nitro groups is 1. The Bertz CT molecular complexity index is 503. The highest BCUT2D eigenvalue weighted by atomic mass is 16.6. The highest BCUT2D eigenvalue weighted by Gasteiger charge is 2.23. The fourth-order valence-corrected chi connectivity index (χ4v) is 1.26. The number of hydrogen-bond donors (Lipinski definition) is 2. The number of nitrogens with one attached hydrogen (secondary N) is 1. The number of nitrogens with two attached hydrogens (primary N) is 1. The molecule has 0 radical (unpaired) electrons. The van der Waals surface area contributed by atoms with E-state index in [2.05, 4.69) is 10.1 Å². The second kappa shape index (κ2) is 6.45. The molecule has 8 heteroatoms. The Morgan fingerprint density at radius 3 is 2.79 bits per heavy atom. The summed E-state index contributed by atoms with van der Waals surface area (Å²) in [5, 5.41) is 12.9. The molecule has 1 aromatic carbocycles. The average Bonchev–Trinajstić information content (AvgIpc) is 2.38. The Morgan fingerprint density at radius 2 is 2.21 bits per heavy atom. The zero-order valence-corrected chi connectivity index (χ0v) is 10.2. The summed E-state index contributed by atoms with van der Waals surface area (Å²) in [6.07, 6.45) is 0. The standard InChI is InChI=1S/C11H13N3O5/c1-2-19-11(16)9(12)10(15)13-7-4-3-5-8(6-7)14(17)18/h3-6,9H,2,12H2,1H3,(H,13,15). The molecule has 0 aliphatic carbocycles. The summed E-state index contributed by atoms with van der Waals surface area (Å²) in [4.78, 5) is 32.8. The Hall–Kier alpha value is -2.48. The minimum Gasteiger partial charge on any atom is -0.464 e. The van der Waals surface area contributed by atoms with Gasteiger partial charge in [0, 0.05) is 17.8 Å². The van der Waals surface area contributed by atoms with Gasteiger partial charge < -0.3 is 15.8 Å². The first-order valence-electron chi connectivity index (χ1n) is 5.43. The molecule has 102 valence electrons. The number of benzene rings is 1. The predicted molar refractivity (Wildman–Crippen MR) is 66.3 cm³/mol. The lowest BCUT2D eigenvalue weighted by molar-refractivity contribution is -0.384. The molecule has 0 aliphatic heterocycles. The number of esters is 1. The van der Waals surface area contributed by atoms with Gasteiger partial charge in [0.25, 0.3) is 11.6 Å². The van der Waals surface area contributed by atoms with E-state index in [0.717, 1.165) is 6.07 Å². The topological polar surface area (TPSA) is 125 Å². The number of carbonyl (C=O) groups excluding carboxylic acids is 2. The van der Waals surface area contributed by atoms with Gasteiger partial charge in [0.05, 0.1) is 11.5 Å². The van der Waals surface area contributed by atoms with E-state index < -0.39 is 22.8 Å². The van der Waals surface area contributed by atoms with Crippen molar-refractivity contribution in [2.75, 3.05) is 11.9 Å². The van der Waals surface area contributed by atoms with Gasteiger partial charge >= 0.3 is 5.97 Å². The third kappa shape index (κ3) is 4.03. The van der Waals surface area contributed by atoms with E-state index in [1.807, 2.05) is 0 Å². The molecule has 1 aromatic rings. The molecular formula is C11H13N3O5. The molecule has 1 atom stereocenters. The summed E-state index contributed by atoms with van der Waals surface area (Å²) < 4.78 is 4.59. The highest BCUT2D eigenvalue weighted by molar-refractivity contribution is 6.08. The Morgan fingerprint density at radius 1 is 1.53 bits per heavy atom. The quantitative estimate of drug-likeness (QED) is 0.345. The van der Waals surface area contributed by atoms with Crippen molar-refractivity contribution < 1.29 is 19.2 Å². The molecule has 8 nitrogen and oxygen atoms in total. The average molecular weight is 267 g/mol. The van der Waals surface area contributed by atoms with E-state index in [1.54, 1.807) is 6.92 Å². The third-order valence-corrected chi connectivity index (χ3v) is 2.15. The van der Waals surface area contributed by atoms with Crippen LogP contribution in [0.4, 0.5) is 11.4 Å². The first-order valence-corrected chi connectivity index (χ1v) is 5.43. The number of ether oxygens (including phenoxy) is 1. The van der Waals surface area contributed by atoms with Gasteiger partial charge in [0.2, 0.25) is 0 Å². The summed E-state index contributed by atoms with van der Waals surface area (Å²) in [7, 11) is 0. The van der Waals surface area contributed by atoms with Crippen molar-refractivity contribution in [1.82, 2.24) is 0 Å². The molecule has 0 aliphatic rings. The number of anilines is 1. The Kier molecular flexibility index (Phi) is 4.95. The maximum atomic E-state index is 11.6. The van der Waals surface area contributed by atoms with Crippen molar-refractivity contribution in [3.63, 3.8) is 0 Å². The van der Waals surface area contributed by atoms with Gasteiger partial charge in [-0.15, -0.1) is 0 Å². The highest BCUT2D eigenvalue weighted by Crippen LogP contribution is 2.17. The molecule has 0 bridgehead atoms. The summed E-state index contributed by atoms with van der Waals surface area (Å²) in [5.74, 6) is -1.65. The number of hydrogen-bond acceptors (Lipinski definition) is 6. The van der Waals surface area contributed by atoms with Gasteiger partial charge in [-0.3, -0.25) is 14.9 Å². The second-order valence-electron chi connectivity index (χ2n) is 3.53. The molecule has 0 aromatic heterocycles. The minimum atomic E-state index is -1.47. The lowest BCUT2D eigenvalue weighted by Crippen LogP contribution is -2.43. The molecule has 0 saturated heterocycles. The van der Waals surface area contributed by atoms with E-state index in [-0.39, 0.29) is 18.0 Å². The monoisotopic (exact) mass is 267 g/mol. The number of nitro benzene ring substituents is 1. The smallest absolute Gasteiger partial charge is 0.332 e. The largest absolute Gasteiger partial charge is 0.464 e. The Balaban J connectivity index is 2.74. The van der Waals surface area contributed by atoms with Crippen LogP contribution in [-0.2, 0) is 14.3 Å². The van der Waals surface area contributed by atoms with Gasteiger partial charge in [-0.1, -0.05) is 6.07 Å². The molecule has 0 fully saturated rings. The molecule has 0 heterocycles. The van der Waals surface area contributed by atoms with Crippen LogP contribution < -0.4 is 11.1 Å². The van der Waals surface area contributed by atoms with E-state index >= 15 is 0 Å². The fourth-order valence-electron chi connectivity index (χ4n) is 1.26. The number of rotatable bonds is 5. The van der Waals surface area contributed by atoms with E-state index in [4.69, 9.17) is 5.73 Å². The van der Waals surface area contributed by atoms with Crippen LogP contribution in [-0.4, -0.2) is 29.4 Å². The van der Waals surface area contributed by atoms with Crippen molar-refractivity contribution in [2.24, 2.45) is 5.73 Å². The van der Waals surface area contributed by atoms with Crippen LogP contribution in [0.15, 0.2) is 24.3 Å². The first-order chi connectivity index (χ1) is 8.95.